The molecule has 41 heavy (non-hydrogen) atoms. The first kappa shape index (κ1) is 31.0. The molecule has 2 N–H and O–H groups in total. The third-order valence-corrected chi connectivity index (χ3v) is 18.2. The number of rotatable bonds is 6. The van der Waals surface area contributed by atoms with E-state index in [9.17, 15) is 8.42 Å². The molecule has 1 aromatic carbocycles. The highest BCUT2D eigenvalue weighted by atomic mass is 32.2. The van der Waals surface area contributed by atoms with Crippen LogP contribution in [0.15, 0.2) is 40.5 Å². The predicted octanol–water partition coefficient (Wildman–Crippen LogP) is 8.24. The van der Waals surface area contributed by atoms with Crippen molar-refractivity contribution in [2.24, 2.45) is 28.6 Å². The molecule has 0 radical (unpaired) electrons. The summed E-state index contributed by atoms with van der Waals surface area (Å²) in [6.07, 6.45) is 13.1. The number of hydrogen-bond donors (Lipinski definition) is 2. The first-order valence-electron chi connectivity index (χ1n) is 15.8. The van der Waals surface area contributed by atoms with E-state index in [4.69, 9.17) is 4.43 Å². The maximum atomic E-state index is 13.4. The number of allylic oxidation sites excluding steroid dienone is 3. The maximum Gasteiger partial charge on any atom is 0.257 e. The monoisotopic (exact) mass is 598 g/mol. The van der Waals surface area contributed by atoms with Crippen LogP contribution in [-0.4, -0.2) is 22.8 Å². The molecule has 228 valence electrons. The molecule has 4 aliphatic carbocycles. The normalized spacial score (nSPS) is 33.8. The van der Waals surface area contributed by atoms with Gasteiger partial charge in [-0.05, 0) is 118 Å². The standard InChI is InChI=1S/C34H54N2O3SSi/c1-22-19-23(2)31(24(3)20-22)40(37,38)36-35-30-14-13-28-27-12-11-25-21-26(39-41(9,10)32(4,5)6)15-17-33(25,7)29(27)16-18-34(28,30)8/h11,14,19-20,26-29,35-36H,12-13,15-18,21H2,1-10H3. The van der Waals surface area contributed by atoms with Crippen LogP contribution >= 0.6 is 0 Å². The van der Waals surface area contributed by atoms with E-state index in [0.717, 1.165) is 54.5 Å². The molecule has 2 fully saturated rings. The molecule has 6 atom stereocenters. The quantitative estimate of drug-likeness (QED) is 0.197. The minimum atomic E-state index is -3.69. The highest BCUT2D eigenvalue weighted by Gasteiger charge is 2.57. The topological polar surface area (TPSA) is 67.4 Å². The van der Waals surface area contributed by atoms with E-state index >= 15 is 0 Å². The van der Waals surface area contributed by atoms with Crippen molar-refractivity contribution in [3.8, 4) is 0 Å². The summed E-state index contributed by atoms with van der Waals surface area (Å²) < 4.78 is 33.7. The molecule has 1 aromatic rings. The zero-order valence-electron chi connectivity index (χ0n) is 27.2. The Morgan fingerprint density at radius 2 is 1.56 bits per heavy atom. The molecular weight excluding hydrogens is 545 g/mol. The smallest absolute Gasteiger partial charge is 0.257 e. The van der Waals surface area contributed by atoms with E-state index in [2.05, 4.69) is 70.1 Å². The minimum absolute atomic E-state index is 0.0363. The molecule has 0 aromatic heterocycles. The highest BCUT2D eigenvalue weighted by molar-refractivity contribution is 7.89. The molecule has 0 heterocycles. The van der Waals surface area contributed by atoms with Gasteiger partial charge in [-0.15, -0.1) is 4.83 Å². The number of sulfonamides is 1. The van der Waals surface area contributed by atoms with Crippen LogP contribution in [0.4, 0.5) is 0 Å². The van der Waals surface area contributed by atoms with Crippen molar-refractivity contribution < 1.29 is 12.8 Å². The largest absolute Gasteiger partial charge is 0.414 e. The zero-order chi connectivity index (χ0) is 30.2. The lowest BCUT2D eigenvalue weighted by Crippen LogP contribution is -2.52. The molecule has 2 saturated carbocycles. The maximum absolute atomic E-state index is 13.4. The number of aryl methyl sites for hydroxylation is 3. The van der Waals surface area contributed by atoms with Gasteiger partial charge in [0.05, 0.1) is 4.90 Å². The lowest BCUT2D eigenvalue weighted by atomic mass is 9.48. The number of benzene rings is 1. The van der Waals surface area contributed by atoms with Crippen LogP contribution in [-0.2, 0) is 14.4 Å². The van der Waals surface area contributed by atoms with Crippen molar-refractivity contribution in [2.75, 3.05) is 0 Å². The Morgan fingerprint density at radius 1 is 0.927 bits per heavy atom. The number of nitrogens with one attached hydrogen (secondary N) is 2. The lowest BCUT2D eigenvalue weighted by molar-refractivity contribution is -0.0298. The summed E-state index contributed by atoms with van der Waals surface area (Å²) in [5.41, 5.74) is 8.79. The van der Waals surface area contributed by atoms with Crippen molar-refractivity contribution in [3.63, 3.8) is 0 Å². The molecule has 6 unspecified atom stereocenters. The van der Waals surface area contributed by atoms with E-state index in [0.29, 0.717) is 28.8 Å². The van der Waals surface area contributed by atoms with Crippen LogP contribution in [0.3, 0.4) is 0 Å². The van der Waals surface area contributed by atoms with Gasteiger partial charge in [0.2, 0.25) is 0 Å². The van der Waals surface area contributed by atoms with Crippen LogP contribution in [0.1, 0.15) is 96.3 Å². The Balaban J connectivity index is 1.29. The van der Waals surface area contributed by atoms with Crippen molar-refractivity contribution >= 4 is 18.3 Å². The second kappa shape index (κ2) is 10.3. The molecular formula is C34H54N2O3SSi. The van der Waals surface area contributed by atoms with Gasteiger partial charge in [0.25, 0.3) is 10.0 Å². The highest BCUT2D eigenvalue weighted by Crippen LogP contribution is 2.64. The number of hydrazine groups is 1. The van der Waals surface area contributed by atoms with Gasteiger partial charge in [0.1, 0.15) is 0 Å². The Kier molecular flexibility index (Phi) is 7.83. The summed E-state index contributed by atoms with van der Waals surface area (Å²) in [7, 11) is -5.47. The van der Waals surface area contributed by atoms with Gasteiger partial charge in [0, 0.05) is 17.2 Å². The lowest BCUT2D eigenvalue weighted by Gasteiger charge is -2.58. The minimum Gasteiger partial charge on any atom is -0.414 e. The third kappa shape index (κ3) is 5.31. The van der Waals surface area contributed by atoms with Crippen molar-refractivity contribution in [1.29, 1.82) is 0 Å². The van der Waals surface area contributed by atoms with E-state index in [1.165, 1.54) is 12.8 Å². The van der Waals surface area contributed by atoms with Gasteiger partial charge in [-0.2, -0.15) is 0 Å². The zero-order valence-corrected chi connectivity index (χ0v) is 29.0. The van der Waals surface area contributed by atoms with Gasteiger partial charge < -0.3 is 9.85 Å². The van der Waals surface area contributed by atoms with Crippen LogP contribution < -0.4 is 10.3 Å². The van der Waals surface area contributed by atoms with E-state index in [1.54, 1.807) is 5.57 Å². The Labute approximate surface area is 251 Å². The van der Waals surface area contributed by atoms with Gasteiger partial charge in [-0.1, -0.05) is 70.0 Å². The first-order chi connectivity index (χ1) is 18.9. The fourth-order valence-electron chi connectivity index (χ4n) is 8.85. The average molecular weight is 599 g/mol. The molecule has 0 saturated heterocycles. The van der Waals surface area contributed by atoms with Crippen molar-refractivity contribution in [3.05, 3.63) is 52.2 Å². The van der Waals surface area contributed by atoms with Gasteiger partial charge in [0.15, 0.2) is 8.32 Å². The molecule has 4 aliphatic rings. The first-order valence-corrected chi connectivity index (χ1v) is 20.2. The SMILES string of the molecule is Cc1cc(C)c(S(=O)(=O)NNC2=CCC3C4CC=C5CC(O[Si](C)(C)C(C)(C)C)CCC5(C)C4CCC23C)c(C)c1. The molecule has 0 spiro atoms. The van der Waals surface area contributed by atoms with Crippen LogP contribution in [0, 0.1) is 49.4 Å². The molecule has 0 bridgehead atoms. The van der Waals surface area contributed by atoms with E-state index in [-0.39, 0.29) is 15.9 Å². The molecule has 7 heteroatoms. The molecule has 5 nitrogen and oxygen atoms in total. The Bertz CT molecular complexity index is 1350. The fourth-order valence-corrected chi connectivity index (χ4v) is 11.5. The summed E-state index contributed by atoms with van der Waals surface area (Å²) in [4.78, 5) is 3.15. The van der Waals surface area contributed by atoms with Crippen LogP contribution in [0.2, 0.25) is 18.1 Å². The van der Waals surface area contributed by atoms with Crippen LogP contribution in [0.5, 0.6) is 0 Å². The Morgan fingerprint density at radius 3 is 2.20 bits per heavy atom. The fraction of sp³-hybridized carbons (Fsp3) is 0.706. The second-order valence-corrected chi connectivity index (χ2v) is 22.1. The second-order valence-electron chi connectivity index (χ2n) is 15.8. The molecule has 5 rings (SSSR count). The number of hydrogen-bond acceptors (Lipinski definition) is 4. The number of fused-ring (bicyclic) bond motifs is 5. The van der Waals surface area contributed by atoms with Crippen molar-refractivity contribution in [2.45, 2.75) is 129 Å². The summed E-state index contributed by atoms with van der Waals surface area (Å²) in [6.45, 7) is 22.4. The van der Waals surface area contributed by atoms with E-state index in [1.807, 2.05) is 32.9 Å². The predicted molar refractivity (Wildman–Crippen MR) is 171 cm³/mol. The summed E-state index contributed by atoms with van der Waals surface area (Å²) in [6, 6.07) is 3.88. The molecule has 0 aliphatic heterocycles. The molecule has 0 amide bonds. The van der Waals surface area contributed by atoms with E-state index < -0.39 is 18.3 Å². The average Bonchev–Trinajstić information content (AvgIpc) is 3.17. The Hall–Kier alpha value is -1.41. The van der Waals surface area contributed by atoms with Gasteiger partial charge in [-0.3, -0.25) is 0 Å². The summed E-state index contributed by atoms with van der Waals surface area (Å²) in [5, 5.41) is 0.237. The third-order valence-electron chi connectivity index (χ3n) is 12.1. The van der Waals surface area contributed by atoms with Crippen LogP contribution in [0.25, 0.3) is 0 Å². The summed E-state index contributed by atoms with van der Waals surface area (Å²) >= 11 is 0. The van der Waals surface area contributed by atoms with Gasteiger partial charge in [-0.25, -0.2) is 8.42 Å². The summed E-state index contributed by atoms with van der Waals surface area (Å²) in [5.74, 6) is 1.86. The van der Waals surface area contributed by atoms with Gasteiger partial charge >= 0.3 is 0 Å². The van der Waals surface area contributed by atoms with Crippen molar-refractivity contribution in [1.82, 2.24) is 10.3 Å².